The number of aromatic nitrogens is 1. The van der Waals surface area contributed by atoms with Gasteiger partial charge in [-0.05, 0) is 24.3 Å². The molecule has 1 aromatic heterocycles. The van der Waals surface area contributed by atoms with E-state index in [0.717, 1.165) is 26.8 Å². The molecule has 142 valence electrons. The van der Waals surface area contributed by atoms with Crippen molar-refractivity contribution in [2.24, 2.45) is 4.99 Å². The summed E-state index contributed by atoms with van der Waals surface area (Å²) in [6.45, 7) is 1.21. The number of aliphatic imine (C=N–C) groups is 1. The summed E-state index contributed by atoms with van der Waals surface area (Å²) in [5.74, 6) is 0.761. The van der Waals surface area contributed by atoms with Crippen molar-refractivity contribution < 1.29 is 9.63 Å². The van der Waals surface area contributed by atoms with Crippen LogP contribution in [0.4, 0.5) is 0 Å². The van der Waals surface area contributed by atoms with Gasteiger partial charge in [0.1, 0.15) is 5.69 Å². The lowest BCUT2D eigenvalue weighted by Crippen LogP contribution is -2.46. The van der Waals surface area contributed by atoms with Crippen LogP contribution in [0.1, 0.15) is 28.9 Å². The summed E-state index contributed by atoms with van der Waals surface area (Å²) in [7, 11) is 0. The van der Waals surface area contributed by atoms with E-state index in [0.29, 0.717) is 31.6 Å². The van der Waals surface area contributed by atoms with E-state index in [1.807, 2.05) is 59.5 Å². The Balaban J connectivity index is 1.29. The first kappa shape index (κ1) is 17.5. The molecule has 7 heteroatoms. The van der Waals surface area contributed by atoms with E-state index >= 15 is 0 Å². The standard InChI is InChI=1S/C21H19BrN4O2/c22-16-7-5-14(6-8-16)19-24-21(28-25-19)9-11-26(12-10-21)20(27)18-13-15-3-1-2-4-17(15)23-18/h1-8,13,23H,9-12H2,(H,24,25). The quantitative estimate of drug-likeness (QED) is 0.638. The number of nitrogens with one attached hydrogen (secondary N) is 2. The number of likely N-dealkylation sites (tertiary alicyclic amines) is 1. The molecule has 3 heterocycles. The largest absolute Gasteiger partial charge is 0.351 e. The van der Waals surface area contributed by atoms with Crippen molar-refractivity contribution in [1.82, 2.24) is 15.4 Å². The van der Waals surface area contributed by atoms with Gasteiger partial charge in [-0.2, -0.15) is 0 Å². The van der Waals surface area contributed by atoms with Gasteiger partial charge in [0, 0.05) is 46.9 Å². The lowest BCUT2D eigenvalue weighted by atomic mass is 10.0. The number of amides is 1. The highest BCUT2D eigenvalue weighted by atomic mass is 79.9. The van der Waals surface area contributed by atoms with E-state index in [9.17, 15) is 4.79 Å². The average Bonchev–Trinajstić information content (AvgIpc) is 3.33. The topological polar surface area (TPSA) is 69.7 Å². The Morgan fingerprint density at radius 1 is 1.11 bits per heavy atom. The van der Waals surface area contributed by atoms with E-state index in [1.54, 1.807) is 0 Å². The predicted octanol–water partition coefficient (Wildman–Crippen LogP) is 3.84. The number of H-pyrrole nitrogens is 1. The van der Waals surface area contributed by atoms with Crippen LogP contribution in [0.3, 0.4) is 0 Å². The van der Waals surface area contributed by atoms with Crippen LogP contribution in [0.25, 0.3) is 10.9 Å². The smallest absolute Gasteiger partial charge is 0.270 e. The number of nitrogens with zero attached hydrogens (tertiary/aromatic N) is 2. The van der Waals surface area contributed by atoms with Crippen LogP contribution in [0.5, 0.6) is 0 Å². The number of hydrogen-bond acceptors (Lipinski definition) is 4. The fourth-order valence-electron chi connectivity index (χ4n) is 3.76. The van der Waals surface area contributed by atoms with Crippen LogP contribution in [-0.4, -0.2) is 40.4 Å². The van der Waals surface area contributed by atoms with Crippen molar-refractivity contribution in [2.75, 3.05) is 13.1 Å². The van der Waals surface area contributed by atoms with Crippen LogP contribution in [-0.2, 0) is 4.84 Å². The summed E-state index contributed by atoms with van der Waals surface area (Å²) in [4.78, 5) is 28.6. The molecule has 28 heavy (non-hydrogen) atoms. The molecule has 1 amide bonds. The zero-order valence-corrected chi connectivity index (χ0v) is 16.7. The molecule has 0 unspecified atom stereocenters. The van der Waals surface area contributed by atoms with E-state index in [-0.39, 0.29) is 5.91 Å². The molecule has 0 saturated carbocycles. The van der Waals surface area contributed by atoms with Crippen molar-refractivity contribution in [3.8, 4) is 0 Å². The number of hydrogen-bond donors (Lipinski definition) is 2. The van der Waals surface area contributed by atoms with Gasteiger partial charge in [0.15, 0.2) is 11.6 Å². The van der Waals surface area contributed by atoms with Gasteiger partial charge in [0.2, 0.25) is 0 Å². The Morgan fingerprint density at radius 3 is 2.61 bits per heavy atom. The molecule has 0 bridgehead atoms. The minimum absolute atomic E-state index is 0.0223. The lowest BCUT2D eigenvalue weighted by Gasteiger charge is -2.35. The maximum atomic E-state index is 12.9. The van der Waals surface area contributed by atoms with Crippen LogP contribution in [0.2, 0.25) is 0 Å². The molecule has 2 aliphatic heterocycles. The van der Waals surface area contributed by atoms with Crippen LogP contribution in [0, 0.1) is 0 Å². The van der Waals surface area contributed by atoms with Gasteiger partial charge in [0.25, 0.3) is 5.91 Å². The number of hydroxylamine groups is 1. The first-order valence-corrected chi connectivity index (χ1v) is 10.1. The van der Waals surface area contributed by atoms with Crippen molar-refractivity contribution >= 4 is 38.6 Å². The van der Waals surface area contributed by atoms with Crippen molar-refractivity contribution in [3.05, 3.63) is 70.3 Å². The number of para-hydroxylation sites is 1. The Labute approximate surface area is 170 Å². The number of aromatic amines is 1. The Hall–Kier alpha value is -2.64. The summed E-state index contributed by atoms with van der Waals surface area (Å²) in [5, 5.41) is 1.05. The molecule has 2 aromatic carbocycles. The van der Waals surface area contributed by atoms with Crippen LogP contribution < -0.4 is 5.48 Å². The average molecular weight is 439 g/mol. The zero-order valence-electron chi connectivity index (χ0n) is 15.1. The second-order valence-electron chi connectivity index (χ2n) is 7.18. The summed E-state index contributed by atoms with van der Waals surface area (Å²) in [6.07, 6.45) is 1.32. The third kappa shape index (κ3) is 3.10. The number of rotatable bonds is 2. The van der Waals surface area contributed by atoms with E-state index in [2.05, 4.69) is 26.4 Å². The Bertz CT molecular complexity index is 1030. The summed E-state index contributed by atoms with van der Waals surface area (Å²) in [5.41, 5.74) is 4.96. The first-order chi connectivity index (χ1) is 13.6. The van der Waals surface area contributed by atoms with E-state index < -0.39 is 5.72 Å². The third-order valence-electron chi connectivity index (χ3n) is 5.36. The molecule has 3 aromatic rings. The molecule has 0 atom stereocenters. The number of benzene rings is 2. The van der Waals surface area contributed by atoms with Gasteiger partial charge in [-0.25, -0.2) is 15.3 Å². The molecule has 1 fully saturated rings. The number of fused-ring (bicyclic) bond motifs is 1. The van der Waals surface area contributed by atoms with Crippen LogP contribution in [0.15, 0.2) is 64.1 Å². The lowest BCUT2D eigenvalue weighted by molar-refractivity contribution is -0.0850. The highest BCUT2D eigenvalue weighted by molar-refractivity contribution is 9.10. The van der Waals surface area contributed by atoms with Gasteiger partial charge in [-0.15, -0.1) is 0 Å². The fraction of sp³-hybridized carbons (Fsp3) is 0.238. The van der Waals surface area contributed by atoms with Gasteiger partial charge in [-0.1, -0.05) is 46.3 Å². The minimum Gasteiger partial charge on any atom is -0.351 e. The second kappa shape index (κ2) is 6.76. The predicted molar refractivity (Wildman–Crippen MR) is 111 cm³/mol. The highest BCUT2D eigenvalue weighted by Crippen LogP contribution is 2.32. The summed E-state index contributed by atoms with van der Waals surface area (Å²) >= 11 is 3.44. The number of piperidine rings is 1. The number of halogens is 1. The maximum Gasteiger partial charge on any atom is 0.270 e. The van der Waals surface area contributed by atoms with Gasteiger partial charge < -0.3 is 9.88 Å². The van der Waals surface area contributed by atoms with Crippen molar-refractivity contribution in [1.29, 1.82) is 0 Å². The van der Waals surface area contributed by atoms with Gasteiger partial charge in [-0.3, -0.25) is 4.79 Å². The molecule has 1 spiro atoms. The third-order valence-corrected chi connectivity index (χ3v) is 5.89. The molecule has 1 saturated heterocycles. The SMILES string of the molecule is O=C(c1cc2ccccc2[nH]1)N1CCC2(CC1)N=C(c1ccc(Br)cc1)NO2. The van der Waals surface area contributed by atoms with Gasteiger partial charge in [0.05, 0.1) is 0 Å². The molecule has 0 radical (unpaired) electrons. The highest BCUT2D eigenvalue weighted by Gasteiger charge is 2.41. The Morgan fingerprint density at radius 2 is 1.86 bits per heavy atom. The van der Waals surface area contributed by atoms with Crippen LogP contribution >= 0.6 is 15.9 Å². The van der Waals surface area contributed by atoms with Crippen molar-refractivity contribution in [2.45, 2.75) is 18.6 Å². The van der Waals surface area contributed by atoms with Crippen molar-refractivity contribution in [3.63, 3.8) is 0 Å². The fourth-order valence-corrected chi connectivity index (χ4v) is 4.02. The molecule has 5 rings (SSSR count). The molecular formula is C21H19BrN4O2. The number of carbonyl (C=O) groups is 1. The van der Waals surface area contributed by atoms with E-state index in [1.165, 1.54) is 0 Å². The normalized spacial score (nSPS) is 18.3. The Kier molecular flexibility index (Phi) is 4.21. The van der Waals surface area contributed by atoms with Gasteiger partial charge >= 0.3 is 0 Å². The molecule has 6 nitrogen and oxygen atoms in total. The first-order valence-electron chi connectivity index (χ1n) is 9.29. The zero-order chi connectivity index (χ0) is 19.1. The second-order valence-corrected chi connectivity index (χ2v) is 8.10. The minimum atomic E-state index is -0.598. The number of carbonyl (C=O) groups excluding carboxylic acids is 1. The summed E-state index contributed by atoms with van der Waals surface area (Å²) < 4.78 is 1.02. The maximum absolute atomic E-state index is 12.9. The molecule has 0 aliphatic carbocycles. The summed E-state index contributed by atoms with van der Waals surface area (Å²) in [6, 6.07) is 17.8. The monoisotopic (exact) mass is 438 g/mol. The number of amidine groups is 1. The van der Waals surface area contributed by atoms with E-state index in [4.69, 9.17) is 9.83 Å². The molecule has 2 N–H and O–H groups in total. The molecule has 2 aliphatic rings. The molecular weight excluding hydrogens is 420 g/mol.